The molecule has 0 heterocycles. The smallest absolute Gasteiger partial charge is 0.0230 e. The molecule has 1 aromatic carbocycles. The van der Waals surface area contributed by atoms with Crippen LogP contribution in [0.15, 0.2) is 24.3 Å². The van der Waals surface area contributed by atoms with Gasteiger partial charge in [-0.3, -0.25) is 0 Å². The molecule has 2 heteroatoms. The van der Waals surface area contributed by atoms with Crippen LogP contribution in [0.2, 0.25) is 0 Å². The maximum Gasteiger partial charge on any atom is 0.0230 e. The highest BCUT2D eigenvalue weighted by Gasteiger charge is 2.09. The predicted molar refractivity (Wildman–Crippen MR) is 75.0 cm³/mol. The van der Waals surface area contributed by atoms with Gasteiger partial charge in [-0.2, -0.15) is 0 Å². The van der Waals surface area contributed by atoms with Crippen molar-refractivity contribution in [2.45, 2.75) is 33.2 Å². The summed E-state index contributed by atoms with van der Waals surface area (Å²) in [7, 11) is 2.18. The molecule has 0 spiro atoms. The maximum atomic E-state index is 5.80. The number of hydrogen-bond acceptors (Lipinski definition) is 2. The van der Waals surface area contributed by atoms with Crippen LogP contribution in [0.3, 0.4) is 0 Å². The maximum absolute atomic E-state index is 5.80. The molecule has 0 aliphatic rings. The second-order valence-electron chi connectivity index (χ2n) is 5.08. The molecular formula is C15H26N2. The number of aryl methyl sites for hydroxylation is 1. The Labute approximate surface area is 106 Å². The molecule has 1 atom stereocenters. The summed E-state index contributed by atoms with van der Waals surface area (Å²) in [6.07, 6.45) is 2.45. The summed E-state index contributed by atoms with van der Waals surface area (Å²) < 4.78 is 0. The lowest BCUT2D eigenvalue weighted by molar-refractivity contribution is 0.263. The van der Waals surface area contributed by atoms with E-state index >= 15 is 0 Å². The monoisotopic (exact) mass is 234 g/mol. The molecule has 17 heavy (non-hydrogen) atoms. The molecule has 0 fully saturated rings. The van der Waals surface area contributed by atoms with Gasteiger partial charge in [0.1, 0.15) is 0 Å². The van der Waals surface area contributed by atoms with Crippen LogP contribution in [0.4, 0.5) is 0 Å². The van der Waals surface area contributed by atoms with E-state index in [4.69, 9.17) is 5.73 Å². The van der Waals surface area contributed by atoms with Gasteiger partial charge in [-0.15, -0.1) is 0 Å². The molecule has 0 saturated heterocycles. The predicted octanol–water partition coefficient (Wildman–Crippen LogP) is 2.80. The highest BCUT2D eigenvalue weighted by Crippen LogP contribution is 2.10. The molecule has 2 N–H and O–H groups in total. The molecule has 1 unspecified atom stereocenters. The normalized spacial score (nSPS) is 13.0. The summed E-state index contributed by atoms with van der Waals surface area (Å²) in [5.41, 5.74) is 8.52. The largest absolute Gasteiger partial charge is 0.330 e. The van der Waals surface area contributed by atoms with E-state index in [1.807, 2.05) is 0 Å². The van der Waals surface area contributed by atoms with Crippen LogP contribution in [0, 0.1) is 12.8 Å². The average molecular weight is 234 g/mol. The van der Waals surface area contributed by atoms with Crippen LogP contribution in [-0.2, 0) is 6.54 Å². The van der Waals surface area contributed by atoms with Crippen molar-refractivity contribution in [3.8, 4) is 0 Å². The Morgan fingerprint density at radius 2 is 2.12 bits per heavy atom. The first-order valence-corrected chi connectivity index (χ1v) is 6.59. The Kier molecular flexibility index (Phi) is 6.23. The van der Waals surface area contributed by atoms with Gasteiger partial charge in [0.2, 0.25) is 0 Å². The van der Waals surface area contributed by atoms with E-state index in [0.29, 0.717) is 5.92 Å². The quantitative estimate of drug-likeness (QED) is 0.786. The zero-order valence-corrected chi connectivity index (χ0v) is 11.4. The Morgan fingerprint density at radius 3 is 2.71 bits per heavy atom. The van der Waals surface area contributed by atoms with Crippen LogP contribution in [0.5, 0.6) is 0 Å². The summed E-state index contributed by atoms with van der Waals surface area (Å²) in [5.74, 6) is 0.634. The Bertz CT molecular complexity index is 322. The van der Waals surface area contributed by atoms with E-state index in [0.717, 1.165) is 19.6 Å². The average Bonchev–Trinajstić information content (AvgIpc) is 2.28. The molecule has 0 amide bonds. The summed E-state index contributed by atoms with van der Waals surface area (Å²) in [6, 6.07) is 8.72. The van der Waals surface area contributed by atoms with Gasteiger partial charge in [0.15, 0.2) is 0 Å². The van der Waals surface area contributed by atoms with Crippen LogP contribution < -0.4 is 5.73 Å². The fourth-order valence-electron chi connectivity index (χ4n) is 2.32. The summed E-state index contributed by atoms with van der Waals surface area (Å²) in [4.78, 5) is 2.38. The number of nitrogens with zero attached hydrogens (tertiary/aromatic N) is 1. The summed E-state index contributed by atoms with van der Waals surface area (Å²) in [6.45, 7) is 7.28. The van der Waals surface area contributed by atoms with E-state index in [1.165, 1.54) is 24.0 Å². The van der Waals surface area contributed by atoms with E-state index in [9.17, 15) is 0 Å². The topological polar surface area (TPSA) is 29.3 Å². The van der Waals surface area contributed by atoms with Crippen LogP contribution in [0.25, 0.3) is 0 Å². The van der Waals surface area contributed by atoms with Gasteiger partial charge in [0.05, 0.1) is 0 Å². The van der Waals surface area contributed by atoms with Gasteiger partial charge < -0.3 is 10.6 Å². The molecule has 0 saturated carbocycles. The van der Waals surface area contributed by atoms with Gasteiger partial charge >= 0.3 is 0 Å². The van der Waals surface area contributed by atoms with Gasteiger partial charge in [-0.05, 0) is 38.4 Å². The van der Waals surface area contributed by atoms with E-state index in [-0.39, 0.29) is 0 Å². The van der Waals surface area contributed by atoms with E-state index in [1.54, 1.807) is 0 Å². The molecule has 0 aromatic heterocycles. The van der Waals surface area contributed by atoms with Crippen molar-refractivity contribution in [1.29, 1.82) is 0 Å². The minimum atomic E-state index is 0.634. The molecule has 1 rings (SSSR count). The third kappa shape index (κ3) is 5.33. The van der Waals surface area contributed by atoms with Gasteiger partial charge in [0, 0.05) is 13.1 Å². The second-order valence-corrected chi connectivity index (χ2v) is 5.08. The molecule has 96 valence electrons. The third-order valence-corrected chi connectivity index (χ3v) is 3.14. The Balaban J connectivity index is 2.45. The van der Waals surface area contributed by atoms with Crippen molar-refractivity contribution < 1.29 is 0 Å². The molecule has 1 aromatic rings. The fraction of sp³-hybridized carbons (Fsp3) is 0.600. The Morgan fingerprint density at radius 1 is 1.35 bits per heavy atom. The zero-order valence-electron chi connectivity index (χ0n) is 11.4. The third-order valence-electron chi connectivity index (χ3n) is 3.14. The minimum Gasteiger partial charge on any atom is -0.330 e. The van der Waals surface area contributed by atoms with Gasteiger partial charge in [0.25, 0.3) is 0 Å². The first kappa shape index (κ1) is 14.2. The molecule has 0 aliphatic carbocycles. The SMILES string of the molecule is CCCC(CN)CN(C)Cc1cccc(C)c1. The van der Waals surface area contributed by atoms with Crippen molar-refractivity contribution in [2.75, 3.05) is 20.1 Å². The number of hydrogen-bond donors (Lipinski definition) is 1. The van der Waals surface area contributed by atoms with Crippen LogP contribution in [0.1, 0.15) is 30.9 Å². The van der Waals surface area contributed by atoms with Crippen molar-refractivity contribution in [1.82, 2.24) is 4.90 Å². The molecule has 0 bridgehead atoms. The van der Waals surface area contributed by atoms with Crippen LogP contribution >= 0.6 is 0 Å². The van der Waals surface area contributed by atoms with Crippen molar-refractivity contribution in [2.24, 2.45) is 11.7 Å². The first-order chi connectivity index (χ1) is 8.15. The van der Waals surface area contributed by atoms with Crippen molar-refractivity contribution in [3.05, 3.63) is 35.4 Å². The minimum absolute atomic E-state index is 0.634. The molecule has 0 radical (unpaired) electrons. The van der Waals surface area contributed by atoms with Crippen LogP contribution in [-0.4, -0.2) is 25.0 Å². The first-order valence-electron chi connectivity index (χ1n) is 6.59. The van der Waals surface area contributed by atoms with E-state index < -0.39 is 0 Å². The molecule has 0 aliphatic heterocycles. The van der Waals surface area contributed by atoms with E-state index in [2.05, 4.69) is 50.1 Å². The standard InChI is InChI=1S/C15H26N2/c1-4-6-15(10-16)12-17(3)11-14-8-5-7-13(2)9-14/h5,7-9,15H,4,6,10-12,16H2,1-3H3. The lowest BCUT2D eigenvalue weighted by Crippen LogP contribution is -2.29. The second kappa shape index (κ2) is 7.46. The summed E-state index contributed by atoms with van der Waals surface area (Å²) >= 11 is 0. The number of rotatable bonds is 7. The number of nitrogens with two attached hydrogens (primary N) is 1. The lowest BCUT2D eigenvalue weighted by Gasteiger charge is -2.23. The highest BCUT2D eigenvalue weighted by molar-refractivity contribution is 5.21. The number of benzene rings is 1. The zero-order chi connectivity index (χ0) is 12.7. The molecular weight excluding hydrogens is 208 g/mol. The fourth-order valence-corrected chi connectivity index (χ4v) is 2.32. The Hall–Kier alpha value is -0.860. The van der Waals surface area contributed by atoms with Crippen molar-refractivity contribution >= 4 is 0 Å². The lowest BCUT2D eigenvalue weighted by atomic mass is 10.0. The van der Waals surface area contributed by atoms with Gasteiger partial charge in [-0.1, -0.05) is 43.2 Å². The molecule has 2 nitrogen and oxygen atoms in total. The van der Waals surface area contributed by atoms with Gasteiger partial charge in [-0.25, -0.2) is 0 Å². The van der Waals surface area contributed by atoms with Crippen molar-refractivity contribution in [3.63, 3.8) is 0 Å². The summed E-state index contributed by atoms with van der Waals surface area (Å²) in [5, 5.41) is 0. The highest BCUT2D eigenvalue weighted by atomic mass is 15.1.